The first kappa shape index (κ1) is 7.60. The highest BCUT2D eigenvalue weighted by molar-refractivity contribution is 5.83. The lowest BCUT2D eigenvalue weighted by Crippen LogP contribution is -1.99. The van der Waals surface area contributed by atoms with Crippen LogP contribution in [0.5, 0.6) is 0 Å². The van der Waals surface area contributed by atoms with E-state index in [0.29, 0.717) is 16.9 Å². The van der Waals surface area contributed by atoms with Crippen LogP contribution in [0.4, 0.5) is 11.4 Å². The standard InChI is InChI=1S/C8H10N2O/c1-5-6(4-11)2-3-7(9)8(5)10/h2-4H,9-10H2,1H3. The summed E-state index contributed by atoms with van der Waals surface area (Å²) in [6.45, 7) is 1.77. The number of nitrogen functional groups attached to an aromatic ring is 2. The van der Waals surface area contributed by atoms with Gasteiger partial charge in [-0.2, -0.15) is 0 Å². The number of anilines is 2. The van der Waals surface area contributed by atoms with Crippen LogP contribution in [0.3, 0.4) is 0 Å². The van der Waals surface area contributed by atoms with Crippen molar-refractivity contribution < 1.29 is 4.79 Å². The zero-order chi connectivity index (χ0) is 8.43. The molecule has 0 fully saturated rings. The van der Waals surface area contributed by atoms with Gasteiger partial charge in [0.25, 0.3) is 0 Å². The van der Waals surface area contributed by atoms with E-state index in [-0.39, 0.29) is 0 Å². The second-order valence-corrected chi connectivity index (χ2v) is 2.40. The summed E-state index contributed by atoms with van der Waals surface area (Å²) in [5.74, 6) is 0. The zero-order valence-corrected chi connectivity index (χ0v) is 6.29. The van der Waals surface area contributed by atoms with Gasteiger partial charge in [-0.1, -0.05) is 0 Å². The van der Waals surface area contributed by atoms with Crippen molar-refractivity contribution in [3.8, 4) is 0 Å². The third-order valence-electron chi connectivity index (χ3n) is 1.72. The van der Waals surface area contributed by atoms with Crippen molar-refractivity contribution in [3.63, 3.8) is 0 Å². The van der Waals surface area contributed by atoms with E-state index in [2.05, 4.69) is 0 Å². The Morgan fingerprint density at radius 1 is 1.36 bits per heavy atom. The minimum absolute atomic E-state index is 0.495. The Balaban J connectivity index is 3.36. The van der Waals surface area contributed by atoms with Crippen molar-refractivity contribution in [2.45, 2.75) is 6.92 Å². The predicted molar refractivity (Wildman–Crippen MR) is 45.4 cm³/mol. The second-order valence-electron chi connectivity index (χ2n) is 2.40. The molecule has 0 aromatic heterocycles. The van der Waals surface area contributed by atoms with Crippen LogP contribution >= 0.6 is 0 Å². The van der Waals surface area contributed by atoms with Crippen molar-refractivity contribution in [1.29, 1.82) is 0 Å². The summed E-state index contributed by atoms with van der Waals surface area (Å²) in [5, 5.41) is 0. The van der Waals surface area contributed by atoms with Gasteiger partial charge in [0, 0.05) is 5.56 Å². The first-order valence-corrected chi connectivity index (χ1v) is 3.26. The van der Waals surface area contributed by atoms with Gasteiger partial charge in [0.05, 0.1) is 11.4 Å². The molecule has 3 nitrogen and oxygen atoms in total. The summed E-state index contributed by atoms with van der Waals surface area (Å²) in [6.07, 6.45) is 0.769. The van der Waals surface area contributed by atoms with E-state index in [1.807, 2.05) is 0 Å². The molecule has 3 heteroatoms. The summed E-state index contributed by atoms with van der Waals surface area (Å²) < 4.78 is 0. The first-order chi connectivity index (χ1) is 5.16. The van der Waals surface area contributed by atoms with Crippen molar-refractivity contribution >= 4 is 17.7 Å². The highest BCUT2D eigenvalue weighted by Crippen LogP contribution is 2.21. The fourth-order valence-corrected chi connectivity index (χ4v) is 0.894. The van der Waals surface area contributed by atoms with Crippen molar-refractivity contribution in [2.24, 2.45) is 0 Å². The van der Waals surface area contributed by atoms with E-state index in [4.69, 9.17) is 11.5 Å². The fraction of sp³-hybridized carbons (Fsp3) is 0.125. The number of carbonyl (C=O) groups is 1. The van der Waals surface area contributed by atoms with Crippen LogP contribution in [0.15, 0.2) is 12.1 Å². The van der Waals surface area contributed by atoms with Crippen LogP contribution in [-0.2, 0) is 0 Å². The summed E-state index contributed by atoms with van der Waals surface area (Å²) in [6, 6.07) is 3.29. The third-order valence-corrected chi connectivity index (χ3v) is 1.72. The van der Waals surface area contributed by atoms with Gasteiger partial charge in [-0.3, -0.25) is 4.79 Å². The topological polar surface area (TPSA) is 69.1 Å². The maximum absolute atomic E-state index is 10.4. The lowest BCUT2D eigenvalue weighted by Gasteiger charge is -2.04. The van der Waals surface area contributed by atoms with Crippen LogP contribution in [0.2, 0.25) is 0 Å². The molecule has 0 spiro atoms. The average molecular weight is 150 g/mol. The second kappa shape index (κ2) is 2.62. The van der Waals surface area contributed by atoms with Gasteiger partial charge in [-0.25, -0.2) is 0 Å². The third kappa shape index (κ3) is 1.17. The molecule has 0 radical (unpaired) electrons. The highest BCUT2D eigenvalue weighted by Gasteiger charge is 2.02. The van der Waals surface area contributed by atoms with Crippen molar-refractivity contribution in [3.05, 3.63) is 23.3 Å². The molecule has 0 saturated heterocycles. The van der Waals surface area contributed by atoms with Gasteiger partial charge in [-0.15, -0.1) is 0 Å². The number of nitrogens with two attached hydrogens (primary N) is 2. The first-order valence-electron chi connectivity index (χ1n) is 3.26. The van der Waals surface area contributed by atoms with Gasteiger partial charge >= 0.3 is 0 Å². The molecule has 0 atom stereocenters. The van der Waals surface area contributed by atoms with Crippen LogP contribution in [0.25, 0.3) is 0 Å². The van der Waals surface area contributed by atoms with E-state index in [1.54, 1.807) is 19.1 Å². The summed E-state index contributed by atoms with van der Waals surface area (Å²) in [4.78, 5) is 10.4. The number of aldehydes is 1. The molecule has 0 aliphatic carbocycles. The summed E-state index contributed by atoms with van der Waals surface area (Å²) in [5.41, 5.74) is 13.4. The molecule has 0 aliphatic rings. The van der Waals surface area contributed by atoms with E-state index >= 15 is 0 Å². The minimum Gasteiger partial charge on any atom is -0.397 e. The number of benzene rings is 1. The highest BCUT2D eigenvalue weighted by atomic mass is 16.1. The zero-order valence-electron chi connectivity index (χ0n) is 6.29. The van der Waals surface area contributed by atoms with Gasteiger partial charge < -0.3 is 11.5 Å². The van der Waals surface area contributed by atoms with E-state index in [9.17, 15) is 4.79 Å². The lowest BCUT2D eigenvalue weighted by atomic mass is 10.1. The van der Waals surface area contributed by atoms with Gasteiger partial charge in [-0.05, 0) is 24.6 Å². The number of hydrogen-bond donors (Lipinski definition) is 2. The quantitative estimate of drug-likeness (QED) is 0.463. The van der Waals surface area contributed by atoms with E-state index < -0.39 is 0 Å². The molecule has 1 aromatic carbocycles. The smallest absolute Gasteiger partial charge is 0.150 e. The Morgan fingerprint density at radius 2 is 2.00 bits per heavy atom. The largest absolute Gasteiger partial charge is 0.397 e. The Bertz CT molecular complexity index is 294. The number of carbonyl (C=O) groups excluding carboxylic acids is 1. The molecule has 0 unspecified atom stereocenters. The molecule has 0 bridgehead atoms. The fourth-order valence-electron chi connectivity index (χ4n) is 0.894. The maximum atomic E-state index is 10.4. The molecule has 11 heavy (non-hydrogen) atoms. The predicted octanol–water partition coefficient (Wildman–Crippen LogP) is 0.972. The van der Waals surface area contributed by atoms with Crippen molar-refractivity contribution in [2.75, 3.05) is 11.5 Å². The Morgan fingerprint density at radius 3 is 2.55 bits per heavy atom. The minimum atomic E-state index is 0.495. The average Bonchev–Trinajstić information content (AvgIpc) is 2.01. The molecule has 58 valence electrons. The van der Waals surface area contributed by atoms with Gasteiger partial charge in [0.15, 0.2) is 0 Å². The Hall–Kier alpha value is -1.51. The summed E-state index contributed by atoms with van der Waals surface area (Å²) >= 11 is 0. The molecule has 0 saturated carbocycles. The molecular weight excluding hydrogens is 140 g/mol. The SMILES string of the molecule is Cc1c(C=O)ccc(N)c1N. The monoisotopic (exact) mass is 150 g/mol. The van der Waals surface area contributed by atoms with Crippen LogP contribution in [0, 0.1) is 6.92 Å². The Kier molecular flexibility index (Phi) is 1.81. The number of rotatable bonds is 1. The summed E-state index contributed by atoms with van der Waals surface area (Å²) in [7, 11) is 0. The van der Waals surface area contributed by atoms with Crippen molar-refractivity contribution in [1.82, 2.24) is 0 Å². The van der Waals surface area contributed by atoms with E-state index in [0.717, 1.165) is 11.8 Å². The van der Waals surface area contributed by atoms with Crippen LogP contribution in [0.1, 0.15) is 15.9 Å². The molecule has 0 amide bonds. The van der Waals surface area contributed by atoms with Gasteiger partial charge in [0.1, 0.15) is 6.29 Å². The molecule has 1 aromatic rings. The maximum Gasteiger partial charge on any atom is 0.150 e. The van der Waals surface area contributed by atoms with Gasteiger partial charge in [0.2, 0.25) is 0 Å². The van der Waals surface area contributed by atoms with Crippen LogP contribution < -0.4 is 11.5 Å². The van der Waals surface area contributed by atoms with Crippen LogP contribution in [-0.4, -0.2) is 6.29 Å². The molecule has 0 heterocycles. The molecular formula is C8H10N2O. The Labute approximate surface area is 65.0 Å². The number of hydrogen-bond acceptors (Lipinski definition) is 3. The molecule has 0 aliphatic heterocycles. The lowest BCUT2D eigenvalue weighted by molar-refractivity contribution is 0.112. The molecule has 4 N–H and O–H groups in total. The normalized spacial score (nSPS) is 9.55. The molecule has 1 rings (SSSR count). The van der Waals surface area contributed by atoms with E-state index in [1.165, 1.54) is 0 Å².